The summed E-state index contributed by atoms with van der Waals surface area (Å²) in [5.41, 5.74) is 27.5. The molecule has 2 aliphatic carbocycles. The van der Waals surface area contributed by atoms with Gasteiger partial charge < -0.3 is 19.2 Å². The fraction of sp³-hybridized carbons (Fsp3) is 0.377. The van der Waals surface area contributed by atoms with E-state index >= 15 is 0 Å². The minimum Gasteiger partial charge on any atom is -0.456 e. The van der Waals surface area contributed by atoms with Crippen LogP contribution in [0.4, 0.5) is 28.4 Å². The molecular formula is C77H83BN3O. The Labute approximate surface area is 489 Å². The fourth-order valence-corrected chi connectivity index (χ4v) is 15.5. The monoisotopic (exact) mass is 1080 g/mol. The zero-order chi connectivity index (χ0) is 56.8. The van der Waals surface area contributed by atoms with E-state index in [4.69, 9.17) is 4.42 Å². The van der Waals surface area contributed by atoms with E-state index in [-0.39, 0.29) is 27.1 Å². The molecule has 82 heavy (non-hydrogen) atoms. The number of rotatable bonds is 12. The molecule has 0 atom stereocenters. The molecule has 415 valence electrons. The predicted molar refractivity (Wildman–Crippen MR) is 352 cm³/mol. The summed E-state index contributed by atoms with van der Waals surface area (Å²) in [5.74, 6) is 0. The average molecular weight is 1080 g/mol. The molecule has 2 aromatic heterocycles. The van der Waals surface area contributed by atoms with Crippen molar-refractivity contribution in [3.63, 3.8) is 0 Å². The predicted octanol–water partition coefficient (Wildman–Crippen LogP) is 20.3. The minimum atomic E-state index is -0.222. The summed E-state index contributed by atoms with van der Waals surface area (Å²) in [6.07, 6.45) is 14.1. The Kier molecular flexibility index (Phi) is 12.3. The highest BCUT2D eigenvalue weighted by Gasteiger charge is 2.43. The van der Waals surface area contributed by atoms with Crippen LogP contribution in [0.25, 0.3) is 60.6 Å². The lowest BCUT2D eigenvalue weighted by Crippen LogP contribution is -2.38. The van der Waals surface area contributed by atoms with Gasteiger partial charge in [0.25, 0.3) is 0 Å². The van der Waals surface area contributed by atoms with Gasteiger partial charge in [-0.05, 0) is 201 Å². The average Bonchev–Trinajstić information content (AvgIpc) is 1.68. The maximum absolute atomic E-state index is 7.28. The van der Waals surface area contributed by atoms with Crippen molar-refractivity contribution in [2.75, 3.05) is 10.2 Å². The van der Waals surface area contributed by atoms with E-state index in [1.54, 1.807) is 0 Å². The van der Waals surface area contributed by atoms with Crippen LogP contribution in [0.3, 0.4) is 0 Å². The van der Waals surface area contributed by atoms with E-state index in [0.717, 1.165) is 72.0 Å². The van der Waals surface area contributed by atoms with Crippen LogP contribution < -0.4 is 21.1 Å². The number of hydrogen-bond acceptors (Lipinski definition) is 3. The molecule has 5 heteroatoms. The third-order valence-electron chi connectivity index (χ3n) is 20.8. The van der Waals surface area contributed by atoms with Crippen molar-refractivity contribution in [3.05, 3.63) is 178 Å². The van der Waals surface area contributed by atoms with Crippen LogP contribution in [0.5, 0.6) is 0 Å². The van der Waals surface area contributed by atoms with Gasteiger partial charge in [-0.3, -0.25) is 0 Å². The second-order valence-electron chi connectivity index (χ2n) is 28.5. The highest BCUT2D eigenvalue weighted by molar-refractivity contribution is 6.73. The van der Waals surface area contributed by atoms with Gasteiger partial charge in [0.05, 0.1) is 28.1 Å². The van der Waals surface area contributed by atoms with Gasteiger partial charge in [-0.15, -0.1) is 0 Å². The molecule has 0 amide bonds. The number of hydrogen-bond donors (Lipinski definition) is 1. The topological polar surface area (TPSA) is 33.3 Å². The summed E-state index contributed by atoms with van der Waals surface area (Å²) in [6.45, 7) is 29.0. The summed E-state index contributed by atoms with van der Waals surface area (Å²) in [7, 11) is 2.56. The van der Waals surface area contributed by atoms with Crippen LogP contribution >= 0.6 is 0 Å². The summed E-state index contributed by atoms with van der Waals surface area (Å²) in [6, 6.07) is 52.7. The number of aryl methyl sites for hydroxylation is 2. The zero-order valence-corrected chi connectivity index (χ0v) is 51.1. The summed E-state index contributed by atoms with van der Waals surface area (Å²) >= 11 is 0. The van der Waals surface area contributed by atoms with E-state index in [1.807, 2.05) is 0 Å². The molecule has 0 unspecified atom stereocenters. The lowest BCUT2D eigenvalue weighted by molar-refractivity contribution is 0.332. The quantitative estimate of drug-likeness (QED) is 0.0978. The molecule has 0 saturated heterocycles. The van der Waals surface area contributed by atoms with Crippen LogP contribution in [0.15, 0.2) is 138 Å². The van der Waals surface area contributed by atoms with E-state index < -0.39 is 0 Å². The molecule has 0 saturated carbocycles. The molecule has 4 nitrogen and oxygen atoms in total. The molecule has 14 rings (SSSR count). The first-order valence-corrected chi connectivity index (χ1v) is 31.4. The molecule has 8 aromatic carbocycles. The number of nitrogens with zero attached hydrogens (tertiary/aromatic N) is 2. The van der Waals surface area contributed by atoms with Crippen LogP contribution in [0, 0.1) is 0 Å². The number of furan rings is 1. The molecule has 1 radical (unpaired) electrons. The first-order chi connectivity index (χ1) is 39.3. The first-order valence-electron chi connectivity index (χ1n) is 31.4. The van der Waals surface area contributed by atoms with Crippen LogP contribution in [-0.4, -0.2) is 11.8 Å². The number of benzene rings is 8. The second-order valence-corrected chi connectivity index (χ2v) is 28.5. The van der Waals surface area contributed by atoms with Crippen molar-refractivity contribution < 1.29 is 4.42 Å². The SMILES string of the molecule is CCCCCc1ccc(Nc2cc3c(cc2-c2cc(N4c5ccccc5C(C)(C)c5ccccc54)c4c5cc6c(cc5n5c4c2[B]c2cc(CCCCC)ccc2-5)C(C)(C)CCC6(C)C)oc2cc4c(cc23)C(C)(C)CCC4(C)C)cc1. The highest BCUT2D eigenvalue weighted by atomic mass is 16.3. The standard InChI is InChI=1S/C77H83BN3O/c1-13-15-17-23-47-29-32-49(33-30-47)79-62-42-52-51-40-57-60(76(9,10)38-36-73(57,3)4)46-69(51)82-68(52)44-50(62)53-43-67(80-63-27-21-19-25-55(63)77(11,12)56-26-20-22-28-64(56)80)70-54-41-58-59(75(7,8)37-35-74(58,5)6)45-66(54)81-65-34-31-48(24-18-16-14-2)39-61(65)78-71(53)72(70)81/h19-22,25-34,39-46,79H,13-18,23-24,35-38H2,1-12H3. The molecule has 2 aliphatic heterocycles. The van der Waals surface area contributed by atoms with Gasteiger partial charge in [0.1, 0.15) is 11.2 Å². The summed E-state index contributed by atoms with van der Waals surface area (Å²) in [4.78, 5) is 2.64. The van der Waals surface area contributed by atoms with Gasteiger partial charge in [0.2, 0.25) is 0 Å². The number of fused-ring (bicyclic) bond motifs is 12. The van der Waals surface area contributed by atoms with Crippen molar-refractivity contribution in [3.8, 4) is 16.8 Å². The van der Waals surface area contributed by atoms with Crippen molar-refractivity contribution in [1.82, 2.24) is 4.57 Å². The Morgan fingerprint density at radius 1 is 0.476 bits per heavy atom. The maximum Gasteiger partial charge on any atom is 0.197 e. The highest BCUT2D eigenvalue weighted by Crippen LogP contribution is 2.57. The Morgan fingerprint density at radius 3 is 1.63 bits per heavy atom. The smallest absolute Gasteiger partial charge is 0.197 e. The zero-order valence-electron chi connectivity index (χ0n) is 51.1. The van der Waals surface area contributed by atoms with Gasteiger partial charge in [-0.25, -0.2) is 0 Å². The number of aromatic nitrogens is 1. The summed E-state index contributed by atoms with van der Waals surface area (Å²) in [5, 5.41) is 9.08. The largest absolute Gasteiger partial charge is 0.456 e. The molecule has 0 fully saturated rings. The van der Waals surface area contributed by atoms with Gasteiger partial charge in [-0.1, -0.05) is 175 Å². The Morgan fingerprint density at radius 2 is 1.01 bits per heavy atom. The maximum atomic E-state index is 7.28. The van der Waals surface area contributed by atoms with E-state index in [1.165, 1.54) is 149 Å². The molecule has 1 N–H and O–H groups in total. The van der Waals surface area contributed by atoms with Gasteiger partial charge >= 0.3 is 0 Å². The van der Waals surface area contributed by atoms with Crippen molar-refractivity contribution in [1.29, 1.82) is 0 Å². The van der Waals surface area contributed by atoms with Crippen LogP contribution in [-0.2, 0) is 39.9 Å². The fourth-order valence-electron chi connectivity index (χ4n) is 15.5. The first kappa shape index (κ1) is 53.1. The molecule has 10 aromatic rings. The number of unbranched alkanes of at least 4 members (excludes halogenated alkanes) is 4. The van der Waals surface area contributed by atoms with Crippen molar-refractivity contribution in [2.24, 2.45) is 0 Å². The van der Waals surface area contributed by atoms with Crippen molar-refractivity contribution in [2.45, 2.75) is 187 Å². The molecule has 4 heterocycles. The van der Waals surface area contributed by atoms with E-state index in [2.05, 4.69) is 239 Å². The Bertz CT molecular complexity index is 4180. The lowest BCUT2D eigenvalue weighted by atomic mass is 9.58. The molecule has 4 aliphatic rings. The summed E-state index contributed by atoms with van der Waals surface area (Å²) < 4.78 is 9.97. The van der Waals surface area contributed by atoms with Crippen molar-refractivity contribution >= 4 is 90.4 Å². The van der Waals surface area contributed by atoms with Gasteiger partial charge in [0, 0.05) is 49.6 Å². The third-order valence-corrected chi connectivity index (χ3v) is 20.8. The number of anilines is 5. The number of nitrogens with one attached hydrogen (secondary N) is 1. The Balaban J connectivity index is 1.12. The van der Waals surface area contributed by atoms with Gasteiger partial charge in [-0.2, -0.15) is 0 Å². The third kappa shape index (κ3) is 8.27. The molecule has 0 bridgehead atoms. The van der Waals surface area contributed by atoms with Crippen LogP contribution in [0.2, 0.25) is 0 Å². The molecule has 0 spiro atoms. The van der Waals surface area contributed by atoms with E-state index in [0.29, 0.717) is 0 Å². The second kappa shape index (κ2) is 19.0. The molecular weight excluding hydrogens is 994 g/mol. The lowest BCUT2D eigenvalue weighted by Gasteiger charge is -2.42. The van der Waals surface area contributed by atoms with Crippen LogP contribution in [0.1, 0.15) is 192 Å². The van der Waals surface area contributed by atoms with Gasteiger partial charge in [0.15, 0.2) is 7.28 Å². The minimum absolute atomic E-state index is 0.0173. The number of para-hydroxylation sites is 2. The van der Waals surface area contributed by atoms with E-state index in [9.17, 15) is 0 Å². The normalized spacial score (nSPS) is 17.5. The Hall–Kier alpha value is -6.98.